The molecule has 0 radical (unpaired) electrons. The normalized spacial score (nSPS) is 16.3. The van der Waals surface area contributed by atoms with E-state index in [0.717, 1.165) is 0 Å². The lowest BCUT2D eigenvalue weighted by Gasteiger charge is -2.16. The lowest BCUT2D eigenvalue weighted by atomic mass is 10.2. The monoisotopic (exact) mass is 238 g/mol. The Morgan fingerprint density at radius 2 is 2.07 bits per heavy atom. The summed E-state index contributed by atoms with van der Waals surface area (Å²) in [4.78, 5) is 0. The first-order valence-electron chi connectivity index (χ1n) is 5.15. The van der Waals surface area contributed by atoms with Gasteiger partial charge in [0.15, 0.2) is 0 Å². The molecule has 2 atom stereocenters. The highest BCUT2D eigenvalue weighted by Crippen LogP contribution is 2.03. The van der Waals surface area contributed by atoms with Gasteiger partial charge in [0.1, 0.15) is 0 Å². The van der Waals surface area contributed by atoms with Crippen LogP contribution < -0.4 is 10.5 Å². The van der Waals surface area contributed by atoms with Crippen molar-refractivity contribution in [1.82, 2.24) is 4.72 Å². The van der Waals surface area contributed by atoms with Crippen molar-refractivity contribution in [2.75, 3.05) is 26.8 Å². The van der Waals surface area contributed by atoms with Gasteiger partial charge in [0.2, 0.25) is 10.0 Å². The molecule has 15 heavy (non-hydrogen) atoms. The summed E-state index contributed by atoms with van der Waals surface area (Å²) < 4.78 is 30.8. The van der Waals surface area contributed by atoms with E-state index in [-0.39, 0.29) is 12.5 Å². The zero-order valence-electron chi connectivity index (χ0n) is 9.69. The summed E-state index contributed by atoms with van der Waals surface area (Å²) in [5.41, 5.74) is 5.39. The van der Waals surface area contributed by atoms with Crippen molar-refractivity contribution in [3.63, 3.8) is 0 Å². The Morgan fingerprint density at radius 1 is 1.47 bits per heavy atom. The Labute approximate surface area is 92.4 Å². The van der Waals surface area contributed by atoms with Gasteiger partial charge in [0.25, 0.3) is 0 Å². The van der Waals surface area contributed by atoms with Crippen LogP contribution >= 0.6 is 0 Å². The third kappa shape index (κ3) is 5.46. The average Bonchev–Trinajstić information content (AvgIpc) is 2.17. The summed E-state index contributed by atoms with van der Waals surface area (Å²) in [7, 11) is -1.67. The largest absolute Gasteiger partial charge is 0.384 e. The molecule has 0 aliphatic heterocycles. The standard InChI is InChI=1S/C9H22N2O3S/c1-4-9(5-10)15(12,13)11-6-8(2)7-14-3/h8-9,11H,4-7,10H2,1-3H3. The molecule has 0 aromatic heterocycles. The van der Waals surface area contributed by atoms with E-state index in [1.807, 2.05) is 13.8 Å². The van der Waals surface area contributed by atoms with Gasteiger partial charge >= 0.3 is 0 Å². The number of nitrogens with one attached hydrogen (secondary N) is 1. The first kappa shape index (κ1) is 14.8. The summed E-state index contributed by atoms with van der Waals surface area (Å²) in [5.74, 6) is 0.167. The predicted octanol–water partition coefficient (Wildman–Crippen LogP) is -0.0744. The topological polar surface area (TPSA) is 81.4 Å². The van der Waals surface area contributed by atoms with Crippen LogP contribution in [-0.2, 0) is 14.8 Å². The molecule has 0 rings (SSSR count). The van der Waals surface area contributed by atoms with Gasteiger partial charge < -0.3 is 10.5 Å². The summed E-state index contributed by atoms with van der Waals surface area (Å²) in [6, 6.07) is 0. The van der Waals surface area contributed by atoms with Crippen molar-refractivity contribution in [2.24, 2.45) is 11.7 Å². The fraction of sp³-hybridized carbons (Fsp3) is 1.00. The molecular formula is C9H22N2O3S. The van der Waals surface area contributed by atoms with E-state index in [0.29, 0.717) is 19.6 Å². The van der Waals surface area contributed by atoms with Crippen molar-refractivity contribution in [3.8, 4) is 0 Å². The fourth-order valence-corrected chi connectivity index (χ4v) is 2.68. The molecule has 5 nitrogen and oxygen atoms in total. The van der Waals surface area contributed by atoms with Crippen LogP contribution in [0.2, 0.25) is 0 Å². The van der Waals surface area contributed by atoms with E-state index in [1.54, 1.807) is 7.11 Å². The smallest absolute Gasteiger partial charge is 0.215 e. The maximum atomic E-state index is 11.7. The van der Waals surface area contributed by atoms with Crippen molar-refractivity contribution in [3.05, 3.63) is 0 Å². The Morgan fingerprint density at radius 3 is 2.47 bits per heavy atom. The molecule has 0 spiro atoms. The summed E-state index contributed by atoms with van der Waals surface area (Å²) in [6.45, 7) is 4.84. The number of nitrogens with two attached hydrogens (primary N) is 1. The lowest BCUT2D eigenvalue weighted by Crippen LogP contribution is -2.40. The zero-order valence-corrected chi connectivity index (χ0v) is 10.5. The van der Waals surface area contributed by atoms with Gasteiger partial charge in [-0.05, 0) is 12.3 Å². The van der Waals surface area contributed by atoms with E-state index in [4.69, 9.17) is 10.5 Å². The van der Waals surface area contributed by atoms with Crippen LogP contribution in [0.25, 0.3) is 0 Å². The first-order chi connectivity index (χ1) is 6.97. The van der Waals surface area contributed by atoms with Crippen LogP contribution in [0.3, 0.4) is 0 Å². The minimum Gasteiger partial charge on any atom is -0.384 e. The Bertz CT molecular complexity index is 250. The van der Waals surface area contributed by atoms with E-state index in [1.165, 1.54) is 0 Å². The van der Waals surface area contributed by atoms with Gasteiger partial charge in [-0.3, -0.25) is 0 Å². The van der Waals surface area contributed by atoms with E-state index in [2.05, 4.69) is 4.72 Å². The summed E-state index contributed by atoms with van der Waals surface area (Å²) in [5, 5.41) is -0.493. The lowest BCUT2D eigenvalue weighted by molar-refractivity contribution is 0.161. The van der Waals surface area contributed by atoms with Gasteiger partial charge in [-0.15, -0.1) is 0 Å². The molecule has 3 N–H and O–H groups in total. The average molecular weight is 238 g/mol. The second kappa shape index (κ2) is 7.16. The van der Waals surface area contributed by atoms with E-state index in [9.17, 15) is 8.42 Å². The van der Waals surface area contributed by atoms with Crippen LogP contribution in [0.15, 0.2) is 0 Å². The number of sulfonamides is 1. The molecule has 0 aromatic rings. The van der Waals surface area contributed by atoms with Gasteiger partial charge in [0.05, 0.1) is 5.25 Å². The molecule has 0 aliphatic rings. The van der Waals surface area contributed by atoms with Crippen LogP contribution in [0, 0.1) is 5.92 Å². The van der Waals surface area contributed by atoms with E-state index < -0.39 is 15.3 Å². The third-order valence-electron chi connectivity index (χ3n) is 2.24. The highest BCUT2D eigenvalue weighted by Gasteiger charge is 2.22. The van der Waals surface area contributed by atoms with E-state index >= 15 is 0 Å². The quantitative estimate of drug-likeness (QED) is 0.620. The first-order valence-corrected chi connectivity index (χ1v) is 6.70. The van der Waals surface area contributed by atoms with Crippen LogP contribution in [0.1, 0.15) is 20.3 Å². The Hall–Kier alpha value is -0.170. The predicted molar refractivity (Wildman–Crippen MR) is 61.1 cm³/mol. The van der Waals surface area contributed by atoms with Gasteiger partial charge in [-0.1, -0.05) is 13.8 Å². The number of rotatable bonds is 8. The maximum Gasteiger partial charge on any atom is 0.215 e. The number of hydrogen-bond acceptors (Lipinski definition) is 4. The summed E-state index contributed by atoms with van der Waals surface area (Å²) >= 11 is 0. The number of ether oxygens (including phenoxy) is 1. The van der Waals surface area contributed by atoms with Crippen molar-refractivity contribution >= 4 is 10.0 Å². The highest BCUT2D eigenvalue weighted by atomic mass is 32.2. The maximum absolute atomic E-state index is 11.7. The SMILES string of the molecule is CCC(CN)S(=O)(=O)NCC(C)COC. The van der Waals surface area contributed by atoms with Gasteiger partial charge in [-0.25, -0.2) is 13.1 Å². The zero-order chi connectivity index (χ0) is 11.9. The van der Waals surface area contributed by atoms with Gasteiger partial charge in [-0.2, -0.15) is 0 Å². The third-order valence-corrected chi connectivity index (χ3v) is 4.21. The molecule has 0 bridgehead atoms. The second-order valence-corrected chi connectivity index (χ2v) is 5.77. The Kier molecular flexibility index (Phi) is 7.08. The minimum atomic E-state index is -3.27. The molecule has 0 amide bonds. The van der Waals surface area contributed by atoms with Crippen LogP contribution in [0.5, 0.6) is 0 Å². The van der Waals surface area contributed by atoms with Crippen LogP contribution in [0.4, 0.5) is 0 Å². The molecule has 6 heteroatoms. The molecule has 0 aromatic carbocycles. The molecule has 0 heterocycles. The fourth-order valence-electron chi connectivity index (χ4n) is 1.23. The molecular weight excluding hydrogens is 216 g/mol. The van der Waals surface area contributed by atoms with Crippen molar-refractivity contribution in [1.29, 1.82) is 0 Å². The van der Waals surface area contributed by atoms with Crippen molar-refractivity contribution < 1.29 is 13.2 Å². The molecule has 0 aliphatic carbocycles. The number of hydrogen-bond donors (Lipinski definition) is 2. The number of methoxy groups -OCH3 is 1. The molecule has 0 fully saturated rings. The Balaban J connectivity index is 4.14. The molecule has 92 valence electrons. The van der Waals surface area contributed by atoms with Crippen LogP contribution in [-0.4, -0.2) is 40.5 Å². The highest BCUT2D eigenvalue weighted by molar-refractivity contribution is 7.90. The minimum absolute atomic E-state index is 0.157. The summed E-state index contributed by atoms with van der Waals surface area (Å²) in [6.07, 6.45) is 0.532. The van der Waals surface area contributed by atoms with Crippen molar-refractivity contribution in [2.45, 2.75) is 25.5 Å². The molecule has 0 saturated heterocycles. The van der Waals surface area contributed by atoms with Gasteiger partial charge in [0, 0.05) is 26.8 Å². The molecule has 2 unspecified atom stereocenters. The second-order valence-electron chi connectivity index (χ2n) is 3.72. The molecule has 0 saturated carbocycles.